The number of hydrogen-bond donors (Lipinski definition) is 2. The molecule has 2 unspecified atom stereocenters. The van der Waals surface area contributed by atoms with E-state index in [0.29, 0.717) is 17.7 Å². The molecule has 1 aromatic heterocycles. The monoisotopic (exact) mass is 230 g/mol. The normalized spacial score (nSPS) is 14.9. The lowest BCUT2D eigenvalue weighted by molar-refractivity contribution is -0.109. The van der Waals surface area contributed by atoms with Crippen LogP contribution in [-0.2, 0) is 4.79 Å². The molecule has 0 aliphatic heterocycles. The first kappa shape index (κ1) is 12.3. The Morgan fingerprint density at radius 3 is 2.87 bits per heavy atom. The predicted molar refractivity (Wildman–Crippen MR) is 57.4 cm³/mol. The Labute approximate surface area is 92.3 Å². The van der Waals surface area contributed by atoms with E-state index in [1.54, 1.807) is 6.07 Å². The van der Waals surface area contributed by atoms with Crippen LogP contribution in [0.2, 0.25) is 0 Å². The molecule has 84 valence electrons. The van der Waals surface area contributed by atoms with E-state index in [0.717, 1.165) is 11.8 Å². The van der Waals surface area contributed by atoms with Crippen LogP contribution in [0.4, 0.5) is 0 Å². The van der Waals surface area contributed by atoms with Crippen LogP contribution in [0.3, 0.4) is 0 Å². The third kappa shape index (κ3) is 4.07. The van der Waals surface area contributed by atoms with Gasteiger partial charge in [0.25, 0.3) is 0 Å². The van der Waals surface area contributed by atoms with Crippen molar-refractivity contribution in [3.05, 3.63) is 24.2 Å². The highest BCUT2D eigenvalue weighted by molar-refractivity contribution is 8.13. The van der Waals surface area contributed by atoms with Gasteiger partial charge in [0.2, 0.25) is 0 Å². The van der Waals surface area contributed by atoms with Crippen LogP contribution in [0.5, 0.6) is 0 Å². The summed E-state index contributed by atoms with van der Waals surface area (Å²) in [5.41, 5.74) is 0.551. The van der Waals surface area contributed by atoms with Gasteiger partial charge >= 0.3 is 0 Å². The highest BCUT2D eigenvalue weighted by Gasteiger charge is 2.18. The SMILES string of the molecule is CC(=O)SCCC(O)C(O)c1ccoc1. The minimum Gasteiger partial charge on any atom is -0.472 e. The van der Waals surface area contributed by atoms with E-state index in [4.69, 9.17) is 4.42 Å². The lowest BCUT2D eigenvalue weighted by Gasteiger charge is -2.15. The number of thioether (sulfide) groups is 1. The molecule has 1 heterocycles. The van der Waals surface area contributed by atoms with Crippen molar-refractivity contribution in [2.24, 2.45) is 0 Å². The van der Waals surface area contributed by atoms with Crippen LogP contribution in [0, 0.1) is 0 Å². The molecule has 0 spiro atoms. The highest BCUT2D eigenvalue weighted by atomic mass is 32.2. The van der Waals surface area contributed by atoms with Gasteiger partial charge in [0.1, 0.15) is 6.10 Å². The van der Waals surface area contributed by atoms with Crippen molar-refractivity contribution in [2.45, 2.75) is 25.6 Å². The molecule has 2 atom stereocenters. The quantitative estimate of drug-likeness (QED) is 0.798. The first-order valence-electron chi connectivity index (χ1n) is 4.63. The fourth-order valence-corrected chi connectivity index (χ4v) is 1.79. The van der Waals surface area contributed by atoms with Crippen molar-refractivity contribution in [1.29, 1.82) is 0 Å². The number of rotatable bonds is 5. The Morgan fingerprint density at radius 1 is 1.60 bits per heavy atom. The number of furan rings is 1. The van der Waals surface area contributed by atoms with Gasteiger partial charge in [-0.15, -0.1) is 0 Å². The van der Waals surface area contributed by atoms with Crippen molar-refractivity contribution < 1.29 is 19.4 Å². The number of hydrogen-bond acceptors (Lipinski definition) is 5. The maximum absolute atomic E-state index is 10.6. The van der Waals surface area contributed by atoms with Gasteiger partial charge in [-0.05, 0) is 12.5 Å². The summed E-state index contributed by atoms with van der Waals surface area (Å²) in [6.45, 7) is 1.48. The first-order chi connectivity index (χ1) is 7.11. The Balaban J connectivity index is 2.33. The van der Waals surface area contributed by atoms with Crippen LogP contribution in [0.15, 0.2) is 23.0 Å². The van der Waals surface area contributed by atoms with E-state index in [9.17, 15) is 15.0 Å². The molecule has 0 saturated carbocycles. The van der Waals surface area contributed by atoms with E-state index >= 15 is 0 Å². The molecular weight excluding hydrogens is 216 g/mol. The number of aliphatic hydroxyl groups is 2. The topological polar surface area (TPSA) is 70.7 Å². The van der Waals surface area contributed by atoms with E-state index in [1.165, 1.54) is 19.5 Å². The van der Waals surface area contributed by atoms with Gasteiger partial charge in [-0.2, -0.15) is 0 Å². The van der Waals surface area contributed by atoms with Gasteiger partial charge in [-0.25, -0.2) is 0 Å². The maximum Gasteiger partial charge on any atom is 0.185 e. The first-order valence-corrected chi connectivity index (χ1v) is 5.61. The van der Waals surface area contributed by atoms with Crippen LogP contribution >= 0.6 is 11.8 Å². The van der Waals surface area contributed by atoms with Crippen molar-refractivity contribution in [1.82, 2.24) is 0 Å². The third-order valence-corrected chi connectivity index (χ3v) is 2.81. The van der Waals surface area contributed by atoms with Crippen molar-refractivity contribution in [2.75, 3.05) is 5.75 Å². The Morgan fingerprint density at radius 2 is 2.33 bits per heavy atom. The molecule has 5 heteroatoms. The lowest BCUT2D eigenvalue weighted by Crippen LogP contribution is -2.18. The van der Waals surface area contributed by atoms with Gasteiger partial charge < -0.3 is 14.6 Å². The summed E-state index contributed by atoms with van der Waals surface area (Å²) < 4.78 is 4.80. The minimum atomic E-state index is -0.948. The number of carbonyl (C=O) groups excluding carboxylic acids is 1. The molecule has 15 heavy (non-hydrogen) atoms. The van der Waals surface area contributed by atoms with Gasteiger partial charge in [0.15, 0.2) is 5.12 Å². The van der Waals surface area contributed by atoms with Crippen LogP contribution < -0.4 is 0 Å². The summed E-state index contributed by atoms with van der Waals surface area (Å²) in [7, 11) is 0. The van der Waals surface area contributed by atoms with E-state index in [2.05, 4.69) is 0 Å². The summed E-state index contributed by atoms with van der Waals surface area (Å²) in [5.74, 6) is 0.505. The fourth-order valence-electron chi connectivity index (χ4n) is 1.15. The molecule has 4 nitrogen and oxygen atoms in total. The summed E-state index contributed by atoms with van der Waals surface area (Å²) >= 11 is 1.14. The summed E-state index contributed by atoms with van der Waals surface area (Å²) in [5, 5.41) is 19.2. The second kappa shape index (κ2) is 5.95. The number of carbonyl (C=O) groups is 1. The van der Waals surface area contributed by atoms with Crippen molar-refractivity contribution >= 4 is 16.9 Å². The van der Waals surface area contributed by atoms with Crippen LogP contribution in [0.1, 0.15) is 25.0 Å². The highest BCUT2D eigenvalue weighted by Crippen LogP contribution is 2.20. The zero-order valence-electron chi connectivity index (χ0n) is 8.42. The van der Waals surface area contributed by atoms with Gasteiger partial charge in [0.05, 0.1) is 18.6 Å². The Kier molecular flexibility index (Phi) is 4.87. The van der Waals surface area contributed by atoms with Gasteiger partial charge in [0, 0.05) is 18.2 Å². The molecule has 0 aliphatic carbocycles. The van der Waals surface area contributed by atoms with Gasteiger partial charge in [-0.1, -0.05) is 11.8 Å². The fraction of sp³-hybridized carbons (Fsp3) is 0.500. The standard InChI is InChI=1S/C10H14O4S/c1-7(11)15-5-3-9(12)10(13)8-2-4-14-6-8/h2,4,6,9-10,12-13H,3,5H2,1H3. The largest absolute Gasteiger partial charge is 0.472 e. The van der Waals surface area contributed by atoms with E-state index in [-0.39, 0.29) is 5.12 Å². The van der Waals surface area contributed by atoms with Gasteiger partial charge in [-0.3, -0.25) is 4.79 Å². The second-order valence-electron chi connectivity index (χ2n) is 3.20. The Hall–Kier alpha value is -0.780. The van der Waals surface area contributed by atoms with Crippen molar-refractivity contribution in [3.8, 4) is 0 Å². The third-order valence-electron chi connectivity index (χ3n) is 1.97. The molecule has 0 bridgehead atoms. The van der Waals surface area contributed by atoms with E-state index in [1.807, 2.05) is 0 Å². The molecule has 0 saturated heterocycles. The number of aliphatic hydroxyl groups excluding tert-OH is 2. The van der Waals surface area contributed by atoms with Crippen LogP contribution in [0.25, 0.3) is 0 Å². The lowest BCUT2D eigenvalue weighted by atomic mass is 10.1. The molecular formula is C10H14O4S. The molecule has 0 aliphatic rings. The molecule has 0 radical (unpaired) electrons. The van der Waals surface area contributed by atoms with Crippen LogP contribution in [-0.4, -0.2) is 27.2 Å². The predicted octanol–water partition coefficient (Wildman–Crippen LogP) is 1.34. The zero-order valence-corrected chi connectivity index (χ0v) is 9.24. The molecule has 2 N–H and O–H groups in total. The average molecular weight is 230 g/mol. The summed E-state index contributed by atoms with van der Waals surface area (Å²) in [6.07, 6.45) is 1.39. The minimum absolute atomic E-state index is 0.0139. The molecule has 0 amide bonds. The summed E-state index contributed by atoms with van der Waals surface area (Å²) in [4.78, 5) is 10.6. The molecule has 0 fully saturated rings. The molecule has 1 aromatic rings. The molecule has 1 rings (SSSR count). The second-order valence-corrected chi connectivity index (χ2v) is 4.47. The summed E-state index contributed by atoms with van der Waals surface area (Å²) in [6, 6.07) is 1.60. The van der Waals surface area contributed by atoms with E-state index < -0.39 is 12.2 Å². The zero-order chi connectivity index (χ0) is 11.3. The maximum atomic E-state index is 10.6. The van der Waals surface area contributed by atoms with Crippen molar-refractivity contribution in [3.63, 3.8) is 0 Å². The molecule has 0 aromatic carbocycles. The smallest absolute Gasteiger partial charge is 0.185 e. The average Bonchev–Trinajstić information content (AvgIpc) is 2.68. The Bertz CT molecular complexity index is 296.